The first kappa shape index (κ1) is 8.74. The van der Waals surface area contributed by atoms with Crippen molar-refractivity contribution in [3.05, 3.63) is 24.8 Å². The number of fused-ring (bicyclic) bond motifs is 1. The van der Waals surface area contributed by atoms with Gasteiger partial charge < -0.3 is 0 Å². The zero-order valence-corrected chi connectivity index (χ0v) is 8.12. The van der Waals surface area contributed by atoms with Crippen molar-refractivity contribution < 1.29 is 4.79 Å². The molecule has 3 atom stereocenters. The lowest BCUT2D eigenvalue weighted by Gasteiger charge is -2.25. The molecule has 0 aromatic heterocycles. The van der Waals surface area contributed by atoms with Crippen molar-refractivity contribution in [2.45, 2.75) is 26.2 Å². The second-order valence-corrected chi connectivity index (χ2v) is 4.46. The summed E-state index contributed by atoms with van der Waals surface area (Å²) in [5, 5.41) is 0. The lowest BCUT2D eigenvalue weighted by Crippen LogP contribution is -2.20. The Morgan fingerprint density at radius 3 is 3.15 bits per heavy atom. The molecule has 0 aromatic carbocycles. The molecular formula is C12H16O. The van der Waals surface area contributed by atoms with Crippen LogP contribution in [0.25, 0.3) is 0 Å². The Morgan fingerprint density at radius 1 is 1.77 bits per heavy atom. The van der Waals surface area contributed by atoms with E-state index in [9.17, 15) is 4.79 Å². The topological polar surface area (TPSA) is 17.1 Å². The van der Waals surface area contributed by atoms with Gasteiger partial charge in [-0.25, -0.2) is 0 Å². The smallest absolute Gasteiger partial charge is 0.155 e. The number of hydrogen-bond donors (Lipinski definition) is 0. The molecule has 0 spiro atoms. The molecule has 2 aliphatic carbocycles. The largest absolute Gasteiger partial charge is 0.295 e. The summed E-state index contributed by atoms with van der Waals surface area (Å²) in [6.07, 6.45) is 9.09. The first-order chi connectivity index (χ1) is 6.19. The molecule has 0 radical (unpaired) electrons. The second-order valence-electron chi connectivity index (χ2n) is 4.46. The molecule has 1 heteroatoms. The van der Waals surface area contributed by atoms with Gasteiger partial charge in [0.1, 0.15) is 0 Å². The van der Waals surface area contributed by atoms with Crippen LogP contribution in [-0.2, 0) is 4.79 Å². The summed E-state index contributed by atoms with van der Waals surface area (Å²) in [5.74, 6) is 1.57. The van der Waals surface area contributed by atoms with E-state index >= 15 is 0 Å². The molecule has 13 heavy (non-hydrogen) atoms. The standard InChI is InChI=1S/C12H16O/c1-3-11(13)8-12-7-10(12)6-4-5-9(12)2/h3-4,6,9-10H,1,5,7-8H2,2H3. The van der Waals surface area contributed by atoms with E-state index < -0.39 is 0 Å². The van der Waals surface area contributed by atoms with Crippen LogP contribution < -0.4 is 0 Å². The third-order valence-corrected chi connectivity index (χ3v) is 3.75. The van der Waals surface area contributed by atoms with E-state index in [-0.39, 0.29) is 5.78 Å². The maximum absolute atomic E-state index is 11.3. The van der Waals surface area contributed by atoms with E-state index in [1.54, 1.807) is 0 Å². The van der Waals surface area contributed by atoms with E-state index in [1.807, 2.05) is 0 Å². The van der Waals surface area contributed by atoms with Crippen LogP contribution in [0.15, 0.2) is 24.8 Å². The molecule has 2 rings (SSSR count). The third kappa shape index (κ3) is 1.27. The van der Waals surface area contributed by atoms with Crippen molar-refractivity contribution >= 4 is 5.78 Å². The van der Waals surface area contributed by atoms with Crippen LogP contribution in [0.4, 0.5) is 0 Å². The van der Waals surface area contributed by atoms with Gasteiger partial charge in [0, 0.05) is 6.42 Å². The number of hydrogen-bond acceptors (Lipinski definition) is 1. The van der Waals surface area contributed by atoms with Gasteiger partial charge in [-0.3, -0.25) is 4.79 Å². The monoisotopic (exact) mass is 176 g/mol. The van der Waals surface area contributed by atoms with Crippen LogP contribution in [0, 0.1) is 17.3 Å². The SMILES string of the molecule is C=CC(=O)CC12CC1C=CCC2C. The Labute approximate surface area is 79.5 Å². The van der Waals surface area contributed by atoms with Gasteiger partial charge in [0.15, 0.2) is 5.78 Å². The Hall–Kier alpha value is -0.850. The molecule has 1 saturated carbocycles. The summed E-state index contributed by atoms with van der Waals surface area (Å²) in [5.41, 5.74) is 0.319. The molecule has 0 N–H and O–H groups in total. The highest BCUT2D eigenvalue weighted by atomic mass is 16.1. The average Bonchev–Trinajstić information content (AvgIpc) is 2.81. The van der Waals surface area contributed by atoms with Crippen molar-refractivity contribution in [1.29, 1.82) is 0 Å². The summed E-state index contributed by atoms with van der Waals surface area (Å²) in [6.45, 7) is 5.80. The first-order valence-electron chi connectivity index (χ1n) is 5.01. The Kier molecular flexibility index (Phi) is 1.90. The molecule has 0 saturated heterocycles. The van der Waals surface area contributed by atoms with E-state index in [0.717, 1.165) is 6.42 Å². The van der Waals surface area contributed by atoms with E-state index in [0.29, 0.717) is 23.7 Å². The van der Waals surface area contributed by atoms with Gasteiger partial charge in [0.25, 0.3) is 0 Å². The Morgan fingerprint density at radius 2 is 2.54 bits per heavy atom. The minimum absolute atomic E-state index is 0.213. The predicted octanol–water partition coefficient (Wildman–Crippen LogP) is 2.73. The average molecular weight is 176 g/mol. The minimum Gasteiger partial charge on any atom is -0.295 e. The summed E-state index contributed by atoms with van der Waals surface area (Å²) in [4.78, 5) is 11.3. The number of carbonyl (C=O) groups excluding carboxylic acids is 1. The molecule has 3 unspecified atom stereocenters. The van der Waals surface area contributed by atoms with E-state index in [4.69, 9.17) is 0 Å². The van der Waals surface area contributed by atoms with Crippen molar-refractivity contribution in [2.75, 3.05) is 0 Å². The first-order valence-corrected chi connectivity index (χ1v) is 5.01. The van der Waals surface area contributed by atoms with Gasteiger partial charge in [-0.05, 0) is 36.2 Å². The fourth-order valence-electron chi connectivity index (χ4n) is 2.63. The lowest BCUT2D eigenvalue weighted by molar-refractivity contribution is -0.116. The van der Waals surface area contributed by atoms with Crippen LogP contribution >= 0.6 is 0 Å². The van der Waals surface area contributed by atoms with Gasteiger partial charge in [-0.2, -0.15) is 0 Å². The molecule has 2 aliphatic rings. The van der Waals surface area contributed by atoms with Gasteiger partial charge in [0.05, 0.1) is 0 Å². The fraction of sp³-hybridized carbons (Fsp3) is 0.583. The molecule has 1 nitrogen and oxygen atoms in total. The van der Waals surface area contributed by atoms with E-state index in [2.05, 4.69) is 25.7 Å². The van der Waals surface area contributed by atoms with Crippen LogP contribution in [0.2, 0.25) is 0 Å². The molecule has 70 valence electrons. The van der Waals surface area contributed by atoms with Crippen molar-refractivity contribution in [3.63, 3.8) is 0 Å². The molecule has 0 amide bonds. The van der Waals surface area contributed by atoms with Gasteiger partial charge in [-0.1, -0.05) is 25.7 Å². The zero-order valence-electron chi connectivity index (χ0n) is 8.12. The van der Waals surface area contributed by atoms with Crippen LogP contribution in [0.1, 0.15) is 26.2 Å². The number of carbonyl (C=O) groups is 1. The maximum Gasteiger partial charge on any atom is 0.155 e. The van der Waals surface area contributed by atoms with Gasteiger partial charge in [-0.15, -0.1) is 0 Å². The maximum atomic E-state index is 11.3. The number of rotatable bonds is 3. The minimum atomic E-state index is 0.213. The molecule has 0 bridgehead atoms. The molecule has 0 heterocycles. The lowest BCUT2D eigenvalue weighted by atomic mass is 9.79. The Balaban J connectivity index is 2.10. The van der Waals surface area contributed by atoms with Crippen molar-refractivity contribution in [1.82, 2.24) is 0 Å². The molecular weight excluding hydrogens is 160 g/mol. The quantitative estimate of drug-likeness (QED) is 0.477. The van der Waals surface area contributed by atoms with Gasteiger partial charge >= 0.3 is 0 Å². The summed E-state index contributed by atoms with van der Waals surface area (Å²) >= 11 is 0. The fourth-order valence-corrected chi connectivity index (χ4v) is 2.63. The van der Waals surface area contributed by atoms with Crippen molar-refractivity contribution in [3.8, 4) is 0 Å². The van der Waals surface area contributed by atoms with Crippen LogP contribution in [0.3, 0.4) is 0 Å². The van der Waals surface area contributed by atoms with Crippen LogP contribution in [0.5, 0.6) is 0 Å². The normalized spacial score (nSPS) is 41.0. The number of ketones is 1. The summed E-state index contributed by atoms with van der Waals surface area (Å²) < 4.78 is 0. The molecule has 1 fully saturated rings. The van der Waals surface area contributed by atoms with Crippen molar-refractivity contribution in [2.24, 2.45) is 17.3 Å². The summed E-state index contributed by atoms with van der Waals surface area (Å²) in [7, 11) is 0. The van der Waals surface area contributed by atoms with Crippen LogP contribution in [-0.4, -0.2) is 5.78 Å². The summed E-state index contributed by atoms with van der Waals surface area (Å²) in [6, 6.07) is 0. The van der Waals surface area contributed by atoms with Gasteiger partial charge in [0.2, 0.25) is 0 Å². The third-order valence-electron chi connectivity index (χ3n) is 3.75. The highest BCUT2D eigenvalue weighted by Crippen LogP contribution is 2.63. The zero-order chi connectivity index (χ0) is 9.47. The second kappa shape index (κ2) is 2.83. The number of allylic oxidation sites excluding steroid dienone is 3. The van der Waals surface area contributed by atoms with E-state index in [1.165, 1.54) is 12.5 Å². The predicted molar refractivity (Wildman–Crippen MR) is 53.3 cm³/mol. The molecule has 0 aliphatic heterocycles. The molecule has 0 aromatic rings. The Bertz CT molecular complexity index is 277. The highest BCUT2D eigenvalue weighted by Gasteiger charge is 2.57. The highest BCUT2D eigenvalue weighted by molar-refractivity contribution is 5.90.